The summed E-state index contributed by atoms with van der Waals surface area (Å²) in [5.74, 6) is 0.834. The third-order valence-electron chi connectivity index (χ3n) is 12.3. The SMILES string of the molecule is CC1C=CC(n2c3ccccc3c3cc(-c4cc(-n5c6ccccc6c6ccccc65)c5c(c4)c4ccccc4n5-c4ccccc4)ccc32)=C2C=CC=CC21. The number of para-hydroxylation sites is 5. The molecule has 264 valence electrons. The molecule has 0 bridgehead atoms. The number of hydrogen-bond acceptors (Lipinski definition) is 0. The van der Waals surface area contributed by atoms with Crippen LogP contribution in [-0.4, -0.2) is 13.7 Å². The van der Waals surface area contributed by atoms with Crippen molar-refractivity contribution in [3.05, 3.63) is 200 Å². The van der Waals surface area contributed by atoms with Gasteiger partial charge in [0.25, 0.3) is 0 Å². The van der Waals surface area contributed by atoms with E-state index in [9.17, 15) is 0 Å². The zero-order valence-electron chi connectivity index (χ0n) is 31.0. The van der Waals surface area contributed by atoms with Crippen LogP contribution < -0.4 is 0 Å². The van der Waals surface area contributed by atoms with Crippen molar-refractivity contribution in [2.24, 2.45) is 11.8 Å². The first-order chi connectivity index (χ1) is 27.7. The summed E-state index contributed by atoms with van der Waals surface area (Å²) in [7, 11) is 0. The van der Waals surface area contributed by atoms with Crippen molar-refractivity contribution in [3.63, 3.8) is 0 Å². The van der Waals surface area contributed by atoms with Crippen LogP contribution in [0.15, 0.2) is 200 Å². The van der Waals surface area contributed by atoms with Crippen molar-refractivity contribution >= 4 is 71.1 Å². The van der Waals surface area contributed by atoms with E-state index in [4.69, 9.17) is 0 Å². The number of aromatic nitrogens is 3. The fraction of sp³-hybridized carbons (Fsp3) is 0.0566. The van der Waals surface area contributed by atoms with Crippen molar-refractivity contribution in [3.8, 4) is 22.5 Å². The van der Waals surface area contributed by atoms with Gasteiger partial charge in [-0.05, 0) is 89.4 Å². The van der Waals surface area contributed by atoms with Crippen LogP contribution in [0.25, 0.3) is 93.6 Å². The van der Waals surface area contributed by atoms with Gasteiger partial charge in [0, 0.05) is 49.6 Å². The van der Waals surface area contributed by atoms with Crippen molar-refractivity contribution in [1.29, 1.82) is 0 Å². The van der Waals surface area contributed by atoms with E-state index in [1.54, 1.807) is 0 Å². The van der Waals surface area contributed by atoms with Crippen LogP contribution in [0.4, 0.5) is 0 Å². The molecule has 0 saturated heterocycles. The number of fused-ring (bicyclic) bond motifs is 10. The van der Waals surface area contributed by atoms with Crippen molar-refractivity contribution in [2.45, 2.75) is 6.92 Å². The molecule has 0 amide bonds. The molecule has 3 nitrogen and oxygen atoms in total. The van der Waals surface area contributed by atoms with Gasteiger partial charge in [0.2, 0.25) is 0 Å². The Morgan fingerprint density at radius 2 is 0.964 bits per heavy atom. The Kier molecular flexibility index (Phi) is 6.67. The van der Waals surface area contributed by atoms with Crippen LogP contribution in [0, 0.1) is 11.8 Å². The minimum atomic E-state index is 0.375. The highest BCUT2D eigenvalue weighted by Gasteiger charge is 2.27. The molecule has 0 saturated carbocycles. The van der Waals surface area contributed by atoms with Crippen LogP contribution in [0.5, 0.6) is 0 Å². The largest absolute Gasteiger partial charge is 0.309 e. The number of hydrogen-bond donors (Lipinski definition) is 0. The van der Waals surface area contributed by atoms with Gasteiger partial charge >= 0.3 is 0 Å². The summed E-state index contributed by atoms with van der Waals surface area (Å²) in [5, 5.41) is 7.51. The van der Waals surface area contributed by atoms with E-state index in [2.05, 4.69) is 215 Å². The lowest BCUT2D eigenvalue weighted by molar-refractivity contribution is 0.582. The quantitative estimate of drug-likeness (QED) is 0.172. The van der Waals surface area contributed by atoms with E-state index < -0.39 is 0 Å². The van der Waals surface area contributed by atoms with E-state index in [0.29, 0.717) is 11.8 Å². The highest BCUT2D eigenvalue weighted by Crippen LogP contribution is 2.44. The highest BCUT2D eigenvalue weighted by molar-refractivity contribution is 6.17. The predicted octanol–water partition coefficient (Wildman–Crippen LogP) is 13.8. The van der Waals surface area contributed by atoms with Crippen LogP contribution in [0.1, 0.15) is 6.92 Å². The number of allylic oxidation sites excluding steroid dienone is 8. The van der Waals surface area contributed by atoms with Gasteiger partial charge in [-0.15, -0.1) is 0 Å². The van der Waals surface area contributed by atoms with Gasteiger partial charge in [-0.2, -0.15) is 0 Å². The van der Waals surface area contributed by atoms with Gasteiger partial charge in [-0.1, -0.05) is 134 Å². The Morgan fingerprint density at radius 1 is 0.411 bits per heavy atom. The van der Waals surface area contributed by atoms with E-state index in [1.807, 2.05) is 0 Å². The molecule has 0 spiro atoms. The summed E-state index contributed by atoms with van der Waals surface area (Å²) in [6.07, 6.45) is 13.8. The Hall–Kier alpha value is -7.10. The van der Waals surface area contributed by atoms with E-state index in [-0.39, 0.29) is 0 Å². The molecule has 10 aromatic rings. The Morgan fingerprint density at radius 3 is 1.66 bits per heavy atom. The Balaban J connectivity index is 1.18. The standard InChI is InChI=1S/C53H37N3/c1-34-27-29-50(39-18-6-5-17-38(34)39)55-49-26-14-9-21-42(49)44-31-35(28-30-51(44)55)36-32-45-43-22-10-11-23-46(43)54(37-15-3-2-4-16-37)53(45)52(33-36)56-47-24-12-7-19-40(47)41-20-8-13-25-48(41)56/h2-34,38H,1H3. The summed E-state index contributed by atoms with van der Waals surface area (Å²) in [6.45, 7) is 2.32. The van der Waals surface area contributed by atoms with Crippen molar-refractivity contribution < 1.29 is 0 Å². The number of benzene rings is 7. The van der Waals surface area contributed by atoms with Crippen molar-refractivity contribution in [2.75, 3.05) is 0 Å². The second kappa shape index (κ2) is 11.9. The number of nitrogens with zero attached hydrogens (tertiary/aromatic N) is 3. The van der Waals surface area contributed by atoms with E-state index in [1.165, 1.54) is 87.8 Å². The summed E-state index contributed by atoms with van der Waals surface area (Å²) in [6, 6.07) is 58.2. The highest BCUT2D eigenvalue weighted by atomic mass is 15.1. The van der Waals surface area contributed by atoms with Crippen LogP contribution in [0.2, 0.25) is 0 Å². The molecule has 0 radical (unpaired) electrons. The fourth-order valence-electron chi connectivity index (χ4n) is 9.79. The van der Waals surface area contributed by atoms with E-state index >= 15 is 0 Å². The fourth-order valence-corrected chi connectivity index (χ4v) is 9.79. The average Bonchev–Trinajstić information content (AvgIpc) is 3.90. The first-order valence-corrected chi connectivity index (χ1v) is 19.7. The zero-order chi connectivity index (χ0) is 36.9. The van der Waals surface area contributed by atoms with Gasteiger partial charge in [-0.3, -0.25) is 0 Å². The van der Waals surface area contributed by atoms with Crippen molar-refractivity contribution in [1.82, 2.24) is 13.7 Å². The third kappa shape index (κ3) is 4.40. The maximum absolute atomic E-state index is 2.49. The summed E-state index contributed by atoms with van der Waals surface area (Å²) < 4.78 is 7.44. The van der Waals surface area contributed by atoms with Gasteiger partial charge in [0.15, 0.2) is 0 Å². The molecule has 2 atom stereocenters. The van der Waals surface area contributed by atoms with Gasteiger partial charge in [0.1, 0.15) is 0 Å². The Labute approximate surface area is 324 Å². The topological polar surface area (TPSA) is 14.8 Å². The lowest BCUT2D eigenvalue weighted by atomic mass is 9.79. The molecule has 2 aliphatic rings. The van der Waals surface area contributed by atoms with E-state index in [0.717, 1.165) is 11.4 Å². The third-order valence-corrected chi connectivity index (χ3v) is 12.3. The molecular formula is C53H37N3. The minimum Gasteiger partial charge on any atom is -0.309 e. The van der Waals surface area contributed by atoms with Gasteiger partial charge in [-0.25, -0.2) is 0 Å². The lowest BCUT2D eigenvalue weighted by Gasteiger charge is -2.29. The predicted molar refractivity (Wildman–Crippen MR) is 237 cm³/mol. The molecule has 3 heterocycles. The van der Waals surface area contributed by atoms with Crippen LogP contribution in [0.3, 0.4) is 0 Å². The average molecular weight is 716 g/mol. The normalized spacial score (nSPS) is 16.7. The molecule has 0 fully saturated rings. The zero-order valence-corrected chi connectivity index (χ0v) is 31.0. The Bertz CT molecular complexity index is 3320. The lowest BCUT2D eigenvalue weighted by Crippen LogP contribution is -2.17. The maximum atomic E-state index is 2.49. The molecule has 0 N–H and O–H groups in total. The molecule has 56 heavy (non-hydrogen) atoms. The second-order valence-corrected chi connectivity index (χ2v) is 15.4. The number of rotatable bonds is 4. The first kappa shape index (κ1) is 31.3. The molecular weight excluding hydrogens is 679 g/mol. The molecule has 12 rings (SSSR count). The maximum Gasteiger partial charge on any atom is 0.0782 e. The summed E-state index contributed by atoms with van der Waals surface area (Å²) in [4.78, 5) is 0. The molecule has 3 heteroatoms. The smallest absolute Gasteiger partial charge is 0.0782 e. The summed E-state index contributed by atoms with van der Waals surface area (Å²) >= 11 is 0. The molecule has 7 aromatic carbocycles. The molecule has 3 aromatic heterocycles. The monoisotopic (exact) mass is 715 g/mol. The minimum absolute atomic E-state index is 0.375. The molecule has 2 unspecified atom stereocenters. The molecule has 0 aliphatic heterocycles. The first-order valence-electron chi connectivity index (χ1n) is 19.7. The molecule has 2 aliphatic carbocycles. The summed E-state index contributed by atoms with van der Waals surface area (Å²) in [5.41, 5.74) is 14.6. The van der Waals surface area contributed by atoms with Gasteiger partial charge in [0.05, 0.1) is 38.8 Å². The van der Waals surface area contributed by atoms with Crippen LogP contribution >= 0.6 is 0 Å². The van der Waals surface area contributed by atoms with Crippen LogP contribution in [-0.2, 0) is 0 Å². The van der Waals surface area contributed by atoms with Gasteiger partial charge < -0.3 is 13.7 Å². The second-order valence-electron chi connectivity index (χ2n) is 15.4.